The van der Waals surface area contributed by atoms with E-state index in [0.29, 0.717) is 9.64 Å². The van der Waals surface area contributed by atoms with Gasteiger partial charge < -0.3 is 14.9 Å². The highest BCUT2D eigenvalue weighted by Crippen LogP contribution is 2.49. The summed E-state index contributed by atoms with van der Waals surface area (Å²) in [6.45, 7) is -0.464. The van der Waals surface area contributed by atoms with Gasteiger partial charge in [-0.3, -0.25) is 4.72 Å². The number of anilines is 1. The highest BCUT2D eigenvalue weighted by atomic mass is 127. The quantitative estimate of drug-likeness (QED) is 0.484. The molecule has 1 spiro atoms. The van der Waals surface area contributed by atoms with Crippen LogP contribution in [0.25, 0.3) is 0 Å². The molecule has 0 radical (unpaired) electrons. The van der Waals surface area contributed by atoms with Gasteiger partial charge in [-0.05, 0) is 59.5 Å². The lowest BCUT2D eigenvalue weighted by Gasteiger charge is -2.28. The molecule has 0 aromatic heterocycles. The zero-order chi connectivity index (χ0) is 22.6. The van der Waals surface area contributed by atoms with Crippen LogP contribution in [0.4, 0.5) is 18.9 Å². The lowest BCUT2D eigenvalue weighted by molar-refractivity contribution is -0.0129. The molecule has 1 aliphatic heterocycles. The Labute approximate surface area is 190 Å². The summed E-state index contributed by atoms with van der Waals surface area (Å²) in [6.07, 6.45) is -2.97. The first kappa shape index (κ1) is 22.6. The van der Waals surface area contributed by atoms with Gasteiger partial charge in [0.05, 0.1) is 16.5 Å². The first-order valence-electron chi connectivity index (χ1n) is 9.49. The van der Waals surface area contributed by atoms with Crippen LogP contribution < -0.4 is 9.46 Å². The largest absolute Gasteiger partial charge is 0.488 e. The van der Waals surface area contributed by atoms with Crippen LogP contribution >= 0.6 is 22.6 Å². The molecule has 1 heterocycles. The van der Waals surface area contributed by atoms with Crippen LogP contribution in [0.3, 0.4) is 0 Å². The predicted octanol–water partition coefficient (Wildman–Crippen LogP) is 3.08. The van der Waals surface area contributed by atoms with Gasteiger partial charge in [-0.15, -0.1) is 0 Å². The van der Waals surface area contributed by atoms with Gasteiger partial charge in [-0.2, -0.15) is 0 Å². The van der Waals surface area contributed by atoms with Crippen molar-refractivity contribution in [1.29, 1.82) is 0 Å². The third kappa shape index (κ3) is 4.24. The van der Waals surface area contributed by atoms with Crippen LogP contribution in [-0.4, -0.2) is 42.2 Å². The summed E-state index contributed by atoms with van der Waals surface area (Å²) < 4.78 is 76.6. The van der Waals surface area contributed by atoms with Crippen LogP contribution in [0.5, 0.6) is 5.75 Å². The molecule has 2 aromatic carbocycles. The van der Waals surface area contributed by atoms with Crippen molar-refractivity contribution in [3.63, 3.8) is 0 Å². The van der Waals surface area contributed by atoms with E-state index in [1.807, 2.05) is 22.6 Å². The fraction of sp³-hybridized carbons (Fsp3) is 0.400. The minimum Gasteiger partial charge on any atom is -0.488 e. The smallest absolute Gasteiger partial charge is 0.238 e. The van der Waals surface area contributed by atoms with Gasteiger partial charge in [0, 0.05) is 21.6 Å². The van der Waals surface area contributed by atoms with Crippen LogP contribution in [0, 0.1) is 21.0 Å². The molecule has 6 nitrogen and oxygen atoms in total. The summed E-state index contributed by atoms with van der Waals surface area (Å²) in [5.74, 6) is -3.64. The van der Waals surface area contributed by atoms with Gasteiger partial charge in [0.25, 0.3) is 0 Å². The number of fused-ring (bicyclic) bond motifs is 1. The Morgan fingerprint density at radius 1 is 1.13 bits per heavy atom. The number of nitrogens with one attached hydrogen (secondary N) is 1. The van der Waals surface area contributed by atoms with Crippen molar-refractivity contribution in [2.75, 3.05) is 11.3 Å². The van der Waals surface area contributed by atoms with E-state index in [1.165, 1.54) is 12.1 Å². The van der Waals surface area contributed by atoms with Crippen molar-refractivity contribution in [2.24, 2.45) is 0 Å². The average Bonchev–Trinajstić information content (AvgIpc) is 3.48. The van der Waals surface area contributed by atoms with Gasteiger partial charge >= 0.3 is 0 Å². The number of aliphatic hydroxyl groups excluding tert-OH is 2. The summed E-state index contributed by atoms with van der Waals surface area (Å²) in [4.78, 5) is 0. The Morgan fingerprint density at radius 3 is 2.48 bits per heavy atom. The first-order chi connectivity index (χ1) is 14.5. The maximum Gasteiger partial charge on any atom is 0.238 e. The summed E-state index contributed by atoms with van der Waals surface area (Å²) in [6, 6.07) is 4.89. The number of sulfonamides is 1. The second kappa shape index (κ2) is 8.09. The van der Waals surface area contributed by atoms with Crippen LogP contribution in [-0.2, 0) is 16.4 Å². The normalized spacial score (nSPS) is 24.1. The molecule has 168 valence electrons. The van der Waals surface area contributed by atoms with Crippen molar-refractivity contribution >= 4 is 38.3 Å². The maximum absolute atomic E-state index is 14.8. The van der Waals surface area contributed by atoms with E-state index in [-0.39, 0.29) is 36.3 Å². The Kier molecular flexibility index (Phi) is 5.90. The van der Waals surface area contributed by atoms with E-state index >= 15 is 0 Å². The average molecular weight is 569 g/mol. The molecular weight excluding hydrogens is 550 g/mol. The SMILES string of the molecule is O=S1(=O)Nc2c(cc(F)c(F)c2Cc2ccc(I)cc2F)OCC(O)C(O)CC12CC2. The third-order valence-electron chi connectivity index (χ3n) is 5.71. The molecule has 1 saturated carbocycles. The van der Waals surface area contributed by atoms with Gasteiger partial charge in [-0.25, -0.2) is 21.6 Å². The molecule has 2 aliphatic rings. The first-order valence-corrected chi connectivity index (χ1v) is 12.1. The molecule has 0 bridgehead atoms. The van der Waals surface area contributed by atoms with Gasteiger partial charge in [0.15, 0.2) is 11.6 Å². The number of hydrogen-bond donors (Lipinski definition) is 3. The summed E-state index contributed by atoms with van der Waals surface area (Å²) in [5.41, 5.74) is -0.711. The molecule has 4 rings (SSSR count). The molecule has 0 amide bonds. The van der Waals surface area contributed by atoms with Crippen molar-refractivity contribution in [1.82, 2.24) is 0 Å². The summed E-state index contributed by atoms with van der Waals surface area (Å²) in [7, 11) is -4.17. The van der Waals surface area contributed by atoms with Gasteiger partial charge in [0.1, 0.15) is 24.3 Å². The molecule has 1 fully saturated rings. The monoisotopic (exact) mass is 569 g/mol. The maximum atomic E-state index is 14.8. The van der Waals surface area contributed by atoms with Crippen LogP contribution in [0.2, 0.25) is 0 Å². The lowest BCUT2D eigenvalue weighted by Crippen LogP contribution is -2.41. The van der Waals surface area contributed by atoms with E-state index < -0.39 is 63.0 Å². The molecule has 0 saturated heterocycles. The molecule has 2 atom stereocenters. The van der Waals surface area contributed by atoms with Gasteiger partial charge in [-0.1, -0.05) is 6.07 Å². The Bertz CT molecular complexity index is 1140. The predicted molar refractivity (Wildman–Crippen MR) is 115 cm³/mol. The fourth-order valence-corrected chi connectivity index (χ4v) is 5.86. The highest BCUT2D eigenvalue weighted by molar-refractivity contribution is 14.1. The Morgan fingerprint density at radius 2 is 1.84 bits per heavy atom. The third-order valence-corrected chi connectivity index (χ3v) is 8.57. The fourth-order valence-electron chi connectivity index (χ4n) is 3.67. The van der Waals surface area contributed by atoms with Gasteiger partial charge in [0.2, 0.25) is 10.0 Å². The molecular formula is C20H19F3INO5S. The molecule has 1 aliphatic carbocycles. The zero-order valence-corrected chi connectivity index (χ0v) is 19.0. The number of rotatable bonds is 2. The second-order valence-electron chi connectivity index (χ2n) is 7.87. The molecule has 11 heteroatoms. The van der Waals surface area contributed by atoms with E-state index in [1.54, 1.807) is 6.07 Å². The van der Waals surface area contributed by atoms with Crippen molar-refractivity contribution in [3.05, 3.63) is 56.4 Å². The standard InChI is InChI=1S/C20H19F3INO5S/c21-13-6-11(24)2-1-10(13)5-12-18(23)14(22)7-17-19(12)25-31(28,29)20(3-4-20)8-15(26)16(27)9-30-17/h1-2,6-7,15-16,25-27H,3-5,8-9H2. The Hall–Kier alpha value is -1.57. The summed E-state index contributed by atoms with van der Waals surface area (Å²) in [5, 5.41) is 20.3. The second-order valence-corrected chi connectivity index (χ2v) is 11.2. The minimum absolute atomic E-state index is 0.0417. The van der Waals surface area contributed by atoms with E-state index in [0.717, 1.165) is 0 Å². The zero-order valence-electron chi connectivity index (χ0n) is 16.0. The molecule has 31 heavy (non-hydrogen) atoms. The highest BCUT2D eigenvalue weighted by Gasteiger charge is 2.56. The van der Waals surface area contributed by atoms with Crippen molar-refractivity contribution in [2.45, 2.75) is 42.6 Å². The number of ether oxygens (including phenoxy) is 1. The van der Waals surface area contributed by atoms with Crippen molar-refractivity contribution < 1.29 is 36.5 Å². The Balaban J connectivity index is 1.86. The van der Waals surface area contributed by atoms with E-state index in [4.69, 9.17) is 4.74 Å². The van der Waals surface area contributed by atoms with Crippen molar-refractivity contribution in [3.8, 4) is 5.75 Å². The molecule has 2 unspecified atom stereocenters. The number of aliphatic hydroxyl groups is 2. The number of hydrogen-bond acceptors (Lipinski definition) is 5. The van der Waals surface area contributed by atoms with Crippen LogP contribution in [0.1, 0.15) is 30.4 Å². The topological polar surface area (TPSA) is 95.9 Å². The number of halogens is 4. The lowest BCUT2D eigenvalue weighted by atomic mass is 10.0. The minimum atomic E-state index is -4.17. The van der Waals surface area contributed by atoms with Crippen LogP contribution in [0.15, 0.2) is 24.3 Å². The molecule has 2 aromatic rings. The number of benzene rings is 2. The summed E-state index contributed by atoms with van der Waals surface area (Å²) >= 11 is 1.91. The van der Waals surface area contributed by atoms with E-state index in [9.17, 15) is 31.8 Å². The molecule has 3 N–H and O–H groups in total. The van der Waals surface area contributed by atoms with E-state index in [2.05, 4.69) is 4.72 Å².